The molecule has 0 bridgehead atoms. The zero-order valence-electron chi connectivity index (χ0n) is 8.53. The summed E-state index contributed by atoms with van der Waals surface area (Å²) in [5, 5.41) is 9.60. The maximum absolute atomic E-state index is 8.80. The van der Waals surface area contributed by atoms with E-state index in [9.17, 15) is 0 Å². The number of nitrogens with zero attached hydrogens (tertiary/aromatic N) is 2. The summed E-state index contributed by atoms with van der Waals surface area (Å²) in [4.78, 5) is 4.37. The second-order valence-electron chi connectivity index (χ2n) is 3.13. The van der Waals surface area contributed by atoms with Crippen molar-refractivity contribution in [1.29, 1.82) is 5.26 Å². The standard InChI is InChI=1S/C11H12N2S/c1-8(2)6-10-5-4-9(7-12)11(13-10)14-3/h4-6H,1-3H3. The molecular formula is C11H12N2S. The highest BCUT2D eigenvalue weighted by atomic mass is 32.2. The van der Waals surface area contributed by atoms with Crippen molar-refractivity contribution in [2.24, 2.45) is 0 Å². The Kier molecular flexibility index (Phi) is 3.73. The van der Waals surface area contributed by atoms with Crippen LogP contribution in [0.15, 0.2) is 22.7 Å². The molecule has 1 heterocycles. The van der Waals surface area contributed by atoms with E-state index in [0.717, 1.165) is 10.7 Å². The topological polar surface area (TPSA) is 36.7 Å². The molecular weight excluding hydrogens is 192 g/mol. The molecule has 1 aromatic heterocycles. The Balaban J connectivity index is 3.16. The fourth-order valence-electron chi connectivity index (χ4n) is 1.07. The molecule has 2 nitrogen and oxygen atoms in total. The fourth-order valence-corrected chi connectivity index (χ4v) is 1.60. The maximum atomic E-state index is 8.80. The minimum absolute atomic E-state index is 0.642. The van der Waals surface area contributed by atoms with Gasteiger partial charge in [-0.15, -0.1) is 11.8 Å². The lowest BCUT2D eigenvalue weighted by Crippen LogP contribution is -1.89. The molecule has 0 saturated heterocycles. The van der Waals surface area contributed by atoms with Gasteiger partial charge in [0, 0.05) is 0 Å². The second-order valence-corrected chi connectivity index (χ2v) is 3.92. The van der Waals surface area contributed by atoms with Gasteiger partial charge >= 0.3 is 0 Å². The fraction of sp³-hybridized carbons (Fsp3) is 0.273. The van der Waals surface area contributed by atoms with Crippen LogP contribution in [0.1, 0.15) is 25.1 Å². The number of nitriles is 1. The van der Waals surface area contributed by atoms with Crippen molar-refractivity contribution < 1.29 is 0 Å². The summed E-state index contributed by atoms with van der Waals surface area (Å²) in [6, 6.07) is 5.80. The van der Waals surface area contributed by atoms with Gasteiger partial charge in [-0.2, -0.15) is 5.26 Å². The van der Waals surface area contributed by atoms with Gasteiger partial charge in [0.1, 0.15) is 11.1 Å². The van der Waals surface area contributed by atoms with Crippen LogP contribution in [0.5, 0.6) is 0 Å². The molecule has 1 rings (SSSR count). The molecule has 14 heavy (non-hydrogen) atoms. The highest BCUT2D eigenvalue weighted by molar-refractivity contribution is 7.98. The van der Waals surface area contributed by atoms with E-state index in [1.54, 1.807) is 0 Å². The van der Waals surface area contributed by atoms with E-state index in [2.05, 4.69) is 11.1 Å². The lowest BCUT2D eigenvalue weighted by atomic mass is 10.2. The molecule has 0 spiro atoms. The Hall–Kier alpha value is -1.27. The smallest absolute Gasteiger partial charge is 0.114 e. The molecule has 0 aliphatic heterocycles. The van der Waals surface area contributed by atoms with Gasteiger partial charge in [0.25, 0.3) is 0 Å². The highest BCUT2D eigenvalue weighted by Crippen LogP contribution is 2.18. The molecule has 0 atom stereocenters. The normalized spacial score (nSPS) is 9.29. The number of pyridine rings is 1. The van der Waals surface area contributed by atoms with E-state index in [0.29, 0.717) is 5.56 Å². The summed E-state index contributed by atoms with van der Waals surface area (Å²) in [5.74, 6) is 0. The van der Waals surface area contributed by atoms with Crippen LogP contribution in [0.3, 0.4) is 0 Å². The minimum atomic E-state index is 0.642. The Morgan fingerprint density at radius 1 is 1.50 bits per heavy atom. The Morgan fingerprint density at radius 2 is 2.21 bits per heavy atom. The average Bonchev–Trinajstić information content (AvgIpc) is 2.16. The summed E-state index contributed by atoms with van der Waals surface area (Å²) < 4.78 is 0. The van der Waals surface area contributed by atoms with Crippen molar-refractivity contribution in [1.82, 2.24) is 4.98 Å². The van der Waals surface area contributed by atoms with Crippen LogP contribution in [0, 0.1) is 11.3 Å². The summed E-state index contributed by atoms with van der Waals surface area (Å²) in [7, 11) is 0. The van der Waals surface area contributed by atoms with Gasteiger partial charge in [0.2, 0.25) is 0 Å². The van der Waals surface area contributed by atoms with Gasteiger partial charge in [-0.25, -0.2) is 4.98 Å². The summed E-state index contributed by atoms with van der Waals surface area (Å²) >= 11 is 1.50. The second kappa shape index (κ2) is 4.83. The van der Waals surface area contributed by atoms with E-state index in [1.165, 1.54) is 17.3 Å². The zero-order valence-corrected chi connectivity index (χ0v) is 9.35. The molecule has 0 aliphatic rings. The van der Waals surface area contributed by atoms with Crippen molar-refractivity contribution in [2.45, 2.75) is 18.9 Å². The van der Waals surface area contributed by atoms with E-state index in [1.807, 2.05) is 38.3 Å². The molecule has 0 aromatic carbocycles. The number of allylic oxidation sites excluding steroid dienone is 1. The SMILES string of the molecule is CSc1nc(C=C(C)C)ccc1C#N. The van der Waals surface area contributed by atoms with Crippen LogP contribution in [0.4, 0.5) is 0 Å². The quantitative estimate of drug-likeness (QED) is 0.694. The van der Waals surface area contributed by atoms with Crippen LogP contribution in [-0.2, 0) is 0 Å². The third-order valence-corrected chi connectivity index (χ3v) is 2.33. The van der Waals surface area contributed by atoms with Crippen molar-refractivity contribution in [2.75, 3.05) is 6.26 Å². The molecule has 0 radical (unpaired) electrons. The summed E-state index contributed by atoms with van der Waals surface area (Å²) in [6.45, 7) is 4.05. The Labute approximate surface area is 88.7 Å². The van der Waals surface area contributed by atoms with Crippen molar-refractivity contribution in [3.05, 3.63) is 29.0 Å². The molecule has 3 heteroatoms. The summed E-state index contributed by atoms with van der Waals surface area (Å²) in [5.41, 5.74) is 2.76. The minimum Gasteiger partial charge on any atom is -0.241 e. The van der Waals surface area contributed by atoms with Gasteiger partial charge < -0.3 is 0 Å². The van der Waals surface area contributed by atoms with Gasteiger partial charge in [-0.05, 0) is 38.3 Å². The third-order valence-electron chi connectivity index (χ3n) is 1.63. The van der Waals surface area contributed by atoms with E-state index < -0.39 is 0 Å². The highest BCUT2D eigenvalue weighted by Gasteiger charge is 2.02. The molecule has 0 amide bonds. The van der Waals surface area contributed by atoms with Crippen LogP contribution in [0.25, 0.3) is 6.08 Å². The van der Waals surface area contributed by atoms with Crippen molar-refractivity contribution in [3.8, 4) is 6.07 Å². The van der Waals surface area contributed by atoms with Gasteiger partial charge in [0.05, 0.1) is 11.3 Å². The molecule has 72 valence electrons. The van der Waals surface area contributed by atoms with Gasteiger partial charge in [0.15, 0.2) is 0 Å². The van der Waals surface area contributed by atoms with E-state index >= 15 is 0 Å². The molecule has 0 aliphatic carbocycles. The maximum Gasteiger partial charge on any atom is 0.114 e. The monoisotopic (exact) mass is 204 g/mol. The average molecular weight is 204 g/mol. The largest absolute Gasteiger partial charge is 0.241 e. The van der Waals surface area contributed by atoms with E-state index in [-0.39, 0.29) is 0 Å². The van der Waals surface area contributed by atoms with Crippen LogP contribution in [-0.4, -0.2) is 11.2 Å². The van der Waals surface area contributed by atoms with Crippen LogP contribution in [0.2, 0.25) is 0 Å². The first-order chi connectivity index (χ1) is 6.67. The van der Waals surface area contributed by atoms with Crippen molar-refractivity contribution in [3.63, 3.8) is 0 Å². The lowest BCUT2D eigenvalue weighted by Gasteiger charge is -2.00. The lowest BCUT2D eigenvalue weighted by molar-refractivity contribution is 1.09. The number of hydrogen-bond donors (Lipinski definition) is 0. The Morgan fingerprint density at radius 3 is 2.71 bits per heavy atom. The number of thioether (sulfide) groups is 1. The van der Waals surface area contributed by atoms with E-state index in [4.69, 9.17) is 5.26 Å². The predicted octanol–water partition coefficient (Wildman–Crippen LogP) is 3.10. The number of aromatic nitrogens is 1. The predicted molar refractivity (Wildman–Crippen MR) is 60.1 cm³/mol. The molecule has 0 unspecified atom stereocenters. The van der Waals surface area contributed by atoms with Crippen LogP contribution >= 0.6 is 11.8 Å². The first-order valence-electron chi connectivity index (χ1n) is 4.27. The zero-order chi connectivity index (χ0) is 10.6. The Bertz CT molecular complexity index is 398. The molecule has 0 saturated carbocycles. The molecule has 0 fully saturated rings. The number of rotatable bonds is 2. The van der Waals surface area contributed by atoms with Crippen molar-refractivity contribution >= 4 is 17.8 Å². The number of hydrogen-bond acceptors (Lipinski definition) is 3. The van der Waals surface area contributed by atoms with Crippen LogP contribution < -0.4 is 0 Å². The first kappa shape index (κ1) is 10.8. The molecule has 0 N–H and O–H groups in total. The molecule has 1 aromatic rings. The first-order valence-corrected chi connectivity index (χ1v) is 5.50. The third kappa shape index (κ3) is 2.61. The summed E-state index contributed by atoms with van der Waals surface area (Å²) in [6.07, 6.45) is 3.93. The van der Waals surface area contributed by atoms with Gasteiger partial charge in [-0.3, -0.25) is 0 Å². The van der Waals surface area contributed by atoms with Gasteiger partial charge in [-0.1, -0.05) is 5.57 Å².